The first-order valence-electron chi connectivity index (χ1n) is 6.81. The lowest BCUT2D eigenvalue weighted by atomic mass is 10.1. The molecule has 1 aromatic rings. The second-order valence-electron chi connectivity index (χ2n) is 4.68. The molecule has 0 aliphatic carbocycles. The minimum absolute atomic E-state index is 0.121. The highest BCUT2D eigenvalue weighted by Crippen LogP contribution is 2.16. The highest BCUT2D eigenvalue weighted by Gasteiger charge is 2.15. The largest absolute Gasteiger partial charge is 0.452 e. The maximum atomic E-state index is 11.9. The van der Waals surface area contributed by atoms with Crippen molar-refractivity contribution in [1.82, 2.24) is 5.32 Å². The number of hydrogen-bond donors (Lipinski definition) is 2. The third-order valence-corrected chi connectivity index (χ3v) is 3.28. The Hall–Kier alpha value is -2.04. The molecule has 0 saturated carbocycles. The number of carbonyl (C=O) groups excluding carboxylic acids is 2. The summed E-state index contributed by atoms with van der Waals surface area (Å²) in [5.41, 5.74) is 7.31. The Labute approximate surface area is 119 Å². The summed E-state index contributed by atoms with van der Waals surface area (Å²) in [6.45, 7) is 5.47. The van der Waals surface area contributed by atoms with E-state index in [9.17, 15) is 9.59 Å². The fraction of sp³-hybridized carbons (Fsp3) is 0.467. The van der Waals surface area contributed by atoms with Gasteiger partial charge in [0.2, 0.25) is 0 Å². The van der Waals surface area contributed by atoms with E-state index in [1.807, 2.05) is 13.8 Å². The number of nitrogens with two attached hydrogens (primary N) is 1. The van der Waals surface area contributed by atoms with E-state index < -0.39 is 5.97 Å². The van der Waals surface area contributed by atoms with Crippen LogP contribution < -0.4 is 11.1 Å². The van der Waals surface area contributed by atoms with Gasteiger partial charge in [-0.05, 0) is 37.5 Å². The summed E-state index contributed by atoms with van der Waals surface area (Å²) < 4.78 is 5.01. The number of nitrogens with one attached hydrogen (secondary N) is 1. The number of anilines is 1. The van der Waals surface area contributed by atoms with Crippen molar-refractivity contribution in [3.63, 3.8) is 0 Å². The van der Waals surface area contributed by atoms with Crippen molar-refractivity contribution in [3.8, 4) is 0 Å². The van der Waals surface area contributed by atoms with Crippen LogP contribution in [0, 0.1) is 6.92 Å². The number of carbonyl (C=O) groups is 2. The number of esters is 1. The fourth-order valence-corrected chi connectivity index (χ4v) is 1.85. The molecule has 3 N–H and O–H groups in total. The number of benzene rings is 1. The van der Waals surface area contributed by atoms with Gasteiger partial charge in [-0.1, -0.05) is 19.9 Å². The van der Waals surface area contributed by atoms with Crippen molar-refractivity contribution in [2.24, 2.45) is 0 Å². The molecule has 20 heavy (non-hydrogen) atoms. The molecule has 0 aliphatic rings. The summed E-state index contributed by atoms with van der Waals surface area (Å²) in [6.07, 6.45) is 1.70. The Kier molecular flexibility index (Phi) is 6.03. The summed E-state index contributed by atoms with van der Waals surface area (Å²) in [4.78, 5) is 23.5. The molecule has 0 unspecified atom stereocenters. The van der Waals surface area contributed by atoms with Gasteiger partial charge in [-0.3, -0.25) is 4.79 Å². The predicted octanol–water partition coefficient (Wildman–Crippen LogP) is 2.04. The maximum Gasteiger partial charge on any atom is 0.338 e. The van der Waals surface area contributed by atoms with E-state index in [2.05, 4.69) is 5.32 Å². The SMILES string of the molecule is CCC(CC)NC(=O)COC(=O)c1cccc(N)c1C. The summed E-state index contributed by atoms with van der Waals surface area (Å²) in [7, 11) is 0. The fourth-order valence-electron chi connectivity index (χ4n) is 1.85. The van der Waals surface area contributed by atoms with E-state index in [1.54, 1.807) is 25.1 Å². The predicted molar refractivity (Wildman–Crippen MR) is 78.4 cm³/mol. The van der Waals surface area contributed by atoms with Crippen molar-refractivity contribution >= 4 is 17.6 Å². The minimum Gasteiger partial charge on any atom is -0.452 e. The lowest BCUT2D eigenvalue weighted by Gasteiger charge is -2.15. The standard InChI is InChI=1S/C15H22N2O3/c1-4-11(5-2)17-14(18)9-20-15(19)12-7-6-8-13(16)10(12)3/h6-8,11H,4-5,9,16H2,1-3H3,(H,17,18). The summed E-state index contributed by atoms with van der Waals surface area (Å²) in [5.74, 6) is -0.817. The summed E-state index contributed by atoms with van der Waals surface area (Å²) in [5, 5.41) is 2.81. The highest BCUT2D eigenvalue weighted by atomic mass is 16.5. The molecule has 1 rings (SSSR count). The Morgan fingerprint density at radius 3 is 2.55 bits per heavy atom. The first-order valence-corrected chi connectivity index (χ1v) is 6.81. The number of amides is 1. The summed E-state index contributed by atoms with van der Waals surface area (Å²) >= 11 is 0. The average molecular weight is 278 g/mol. The van der Waals surface area contributed by atoms with Gasteiger partial charge in [0, 0.05) is 11.7 Å². The molecule has 1 amide bonds. The van der Waals surface area contributed by atoms with E-state index in [0.29, 0.717) is 16.8 Å². The molecular weight excluding hydrogens is 256 g/mol. The van der Waals surface area contributed by atoms with E-state index in [4.69, 9.17) is 10.5 Å². The van der Waals surface area contributed by atoms with Gasteiger partial charge < -0.3 is 15.8 Å². The van der Waals surface area contributed by atoms with Crippen molar-refractivity contribution in [3.05, 3.63) is 29.3 Å². The topological polar surface area (TPSA) is 81.4 Å². The van der Waals surface area contributed by atoms with E-state index in [-0.39, 0.29) is 18.6 Å². The molecule has 5 nitrogen and oxygen atoms in total. The zero-order chi connectivity index (χ0) is 15.1. The number of hydrogen-bond acceptors (Lipinski definition) is 4. The molecule has 110 valence electrons. The molecule has 5 heteroatoms. The van der Waals surface area contributed by atoms with Crippen molar-refractivity contribution in [1.29, 1.82) is 0 Å². The molecule has 0 bridgehead atoms. The van der Waals surface area contributed by atoms with Crippen molar-refractivity contribution in [2.75, 3.05) is 12.3 Å². The Morgan fingerprint density at radius 1 is 1.30 bits per heavy atom. The number of ether oxygens (including phenoxy) is 1. The van der Waals surface area contributed by atoms with Crippen molar-refractivity contribution < 1.29 is 14.3 Å². The Bertz CT molecular complexity index is 482. The van der Waals surface area contributed by atoms with Gasteiger partial charge in [-0.2, -0.15) is 0 Å². The van der Waals surface area contributed by atoms with Crippen LogP contribution in [0.15, 0.2) is 18.2 Å². The average Bonchev–Trinajstić information content (AvgIpc) is 2.45. The van der Waals surface area contributed by atoms with Gasteiger partial charge in [-0.25, -0.2) is 4.79 Å². The second kappa shape index (κ2) is 7.53. The van der Waals surface area contributed by atoms with Crippen LogP contribution in [-0.4, -0.2) is 24.5 Å². The first-order chi connectivity index (χ1) is 9.49. The molecule has 0 heterocycles. The van der Waals surface area contributed by atoms with Gasteiger partial charge in [-0.15, -0.1) is 0 Å². The van der Waals surface area contributed by atoms with Gasteiger partial charge in [0.15, 0.2) is 6.61 Å². The van der Waals surface area contributed by atoms with Crippen LogP contribution in [0.4, 0.5) is 5.69 Å². The molecule has 0 aliphatic heterocycles. The molecule has 0 saturated heterocycles. The van der Waals surface area contributed by atoms with Gasteiger partial charge in [0.1, 0.15) is 0 Å². The van der Waals surface area contributed by atoms with E-state index in [1.165, 1.54) is 0 Å². The minimum atomic E-state index is -0.533. The smallest absolute Gasteiger partial charge is 0.338 e. The van der Waals surface area contributed by atoms with E-state index >= 15 is 0 Å². The molecule has 0 aromatic heterocycles. The quantitative estimate of drug-likeness (QED) is 0.616. The van der Waals surface area contributed by atoms with Gasteiger partial charge >= 0.3 is 5.97 Å². The zero-order valence-electron chi connectivity index (χ0n) is 12.2. The molecule has 0 fully saturated rings. The molecule has 1 aromatic carbocycles. The third kappa shape index (κ3) is 4.26. The van der Waals surface area contributed by atoms with Crippen LogP contribution in [0.3, 0.4) is 0 Å². The maximum absolute atomic E-state index is 11.9. The first kappa shape index (κ1) is 16.0. The zero-order valence-corrected chi connectivity index (χ0v) is 12.2. The van der Waals surface area contributed by atoms with E-state index in [0.717, 1.165) is 12.8 Å². The van der Waals surface area contributed by atoms with Crippen LogP contribution in [0.5, 0.6) is 0 Å². The van der Waals surface area contributed by atoms with Crippen LogP contribution >= 0.6 is 0 Å². The van der Waals surface area contributed by atoms with Gasteiger partial charge in [0.05, 0.1) is 5.56 Å². The number of rotatable bonds is 6. The third-order valence-electron chi connectivity index (χ3n) is 3.28. The normalized spacial score (nSPS) is 10.4. The molecular formula is C15H22N2O3. The Morgan fingerprint density at radius 2 is 1.95 bits per heavy atom. The van der Waals surface area contributed by atoms with Crippen LogP contribution in [-0.2, 0) is 9.53 Å². The second-order valence-corrected chi connectivity index (χ2v) is 4.68. The van der Waals surface area contributed by atoms with Crippen LogP contribution in [0.25, 0.3) is 0 Å². The molecule has 0 spiro atoms. The van der Waals surface area contributed by atoms with Crippen molar-refractivity contribution in [2.45, 2.75) is 39.7 Å². The number of nitrogen functional groups attached to an aromatic ring is 1. The van der Waals surface area contributed by atoms with Crippen LogP contribution in [0.1, 0.15) is 42.6 Å². The lowest BCUT2D eigenvalue weighted by Crippen LogP contribution is -2.36. The monoisotopic (exact) mass is 278 g/mol. The molecule has 0 atom stereocenters. The lowest BCUT2D eigenvalue weighted by molar-refractivity contribution is -0.125. The van der Waals surface area contributed by atoms with Gasteiger partial charge in [0.25, 0.3) is 5.91 Å². The Balaban J connectivity index is 2.55. The highest BCUT2D eigenvalue weighted by molar-refractivity contribution is 5.94. The summed E-state index contributed by atoms with van der Waals surface area (Å²) in [6, 6.07) is 5.15. The van der Waals surface area contributed by atoms with Crippen LogP contribution in [0.2, 0.25) is 0 Å². The molecule has 0 radical (unpaired) electrons.